The summed E-state index contributed by atoms with van der Waals surface area (Å²) in [5.41, 5.74) is 1.17. The highest BCUT2D eigenvalue weighted by Gasteiger charge is 2.30. The van der Waals surface area contributed by atoms with Crippen LogP contribution in [0.3, 0.4) is 0 Å². The van der Waals surface area contributed by atoms with Gasteiger partial charge in [0.25, 0.3) is 0 Å². The molecule has 1 saturated carbocycles. The van der Waals surface area contributed by atoms with Crippen molar-refractivity contribution in [3.63, 3.8) is 0 Å². The lowest BCUT2D eigenvalue weighted by Gasteiger charge is -2.28. The molecule has 28 heavy (non-hydrogen) atoms. The zero-order chi connectivity index (χ0) is 19.8. The number of hydrogen-bond donors (Lipinski definition) is 2. The molecule has 1 saturated heterocycles. The van der Waals surface area contributed by atoms with Crippen molar-refractivity contribution in [2.45, 2.75) is 25.7 Å². The molecule has 1 aliphatic heterocycles. The molecule has 1 aromatic rings. The third kappa shape index (κ3) is 5.78. The Hall–Kier alpha value is -2.43. The number of nitrogens with zero attached hydrogens (tertiary/aromatic N) is 2. The van der Waals surface area contributed by atoms with Gasteiger partial charge in [0.1, 0.15) is 0 Å². The van der Waals surface area contributed by atoms with Gasteiger partial charge in [0, 0.05) is 43.7 Å². The van der Waals surface area contributed by atoms with E-state index < -0.39 is 0 Å². The molecule has 1 aliphatic carbocycles. The van der Waals surface area contributed by atoms with E-state index in [4.69, 9.17) is 10.00 Å². The smallest absolute Gasteiger partial charge is 0.227 e. The second-order valence-electron chi connectivity index (χ2n) is 7.48. The maximum Gasteiger partial charge on any atom is 0.227 e. The highest BCUT2D eigenvalue weighted by Crippen LogP contribution is 2.30. The van der Waals surface area contributed by atoms with Gasteiger partial charge in [-0.05, 0) is 43.9 Å². The number of carbonyl (C=O) groups excluding carboxylic acids is 2. The number of hydrogen-bond acceptors (Lipinski definition) is 5. The molecule has 150 valence electrons. The van der Waals surface area contributed by atoms with Gasteiger partial charge in [-0.3, -0.25) is 14.5 Å². The van der Waals surface area contributed by atoms with Crippen LogP contribution in [0.1, 0.15) is 31.2 Å². The van der Waals surface area contributed by atoms with Crippen molar-refractivity contribution in [3.05, 3.63) is 29.8 Å². The zero-order valence-electron chi connectivity index (χ0n) is 16.2. The Bertz CT molecular complexity index is 717. The normalized spacial score (nSPS) is 22.8. The van der Waals surface area contributed by atoms with Crippen molar-refractivity contribution in [2.75, 3.05) is 44.7 Å². The minimum Gasteiger partial charge on any atom is -0.379 e. The van der Waals surface area contributed by atoms with Gasteiger partial charge in [0.15, 0.2) is 0 Å². The van der Waals surface area contributed by atoms with E-state index in [2.05, 4.69) is 21.6 Å². The Morgan fingerprint density at radius 2 is 1.79 bits per heavy atom. The van der Waals surface area contributed by atoms with Gasteiger partial charge >= 0.3 is 0 Å². The average molecular weight is 384 g/mol. The number of benzene rings is 1. The summed E-state index contributed by atoms with van der Waals surface area (Å²) in [6, 6.07) is 8.99. The summed E-state index contributed by atoms with van der Waals surface area (Å²) >= 11 is 0. The molecule has 0 radical (unpaired) electrons. The number of ether oxygens (including phenoxy) is 1. The van der Waals surface area contributed by atoms with E-state index in [1.54, 1.807) is 24.3 Å². The van der Waals surface area contributed by atoms with Gasteiger partial charge in [0.05, 0.1) is 24.8 Å². The molecule has 2 amide bonds. The van der Waals surface area contributed by atoms with Crippen molar-refractivity contribution in [1.82, 2.24) is 10.2 Å². The molecular weight excluding hydrogens is 356 g/mol. The van der Waals surface area contributed by atoms with Crippen molar-refractivity contribution in [2.24, 2.45) is 11.8 Å². The summed E-state index contributed by atoms with van der Waals surface area (Å²) in [6.45, 7) is 4.89. The Kier molecular flexibility index (Phi) is 7.40. The van der Waals surface area contributed by atoms with Crippen LogP contribution in [0.25, 0.3) is 0 Å². The SMILES string of the molecule is N#Cc1cccc(NC(=O)C2CCC(C(=O)NCCN3CCOCC3)CC2)c1. The van der Waals surface area contributed by atoms with E-state index in [-0.39, 0.29) is 23.7 Å². The summed E-state index contributed by atoms with van der Waals surface area (Å²) in [7, 11) is 0. The van der Waals surface area contributed by atoms with Crippen molar-refractivity contribution < 1.29 is 14.3 Å². The summed E-state index contributed by atoms with van der Waals surface area (Å²) in [4.78, 5) is 27.2. The third-order valence-electron chi connectivity index (χ3n) is 5.56. The standard InChI is InChI=1S/C21H28N4O3/c22-15-16-2-1-3-19(14-16)24-21(27)18-6-4-17(5-7-18)20(26)23-8-9-25-10-12-28-13-11-25/h1-3,14,17-18H,4-13H2,(H,23,26)(H,24,27). The van der Waals surface area contributed by atoms with Crippen molar-refractivity contribution in [1.29, 1.82) is 5.26 Å². The zero-order valence-corrected chi connectivity index (χ0v) is 16.2. The van der Waals surface area contributed by atoms with Crippen molar-refractivity contribution >= 4 is 17.5 Å². The van der Waals surface area contributed by atoms with Crippen LogP contribution in [0, 0.1) is 23.2 Å². The second kappa shape index (κ2) is 10.2. The minimum atomic E-state index is -0.0804. The number of morpholine rings is 1. The maximum absolute atomic E-state index is 12.5. The van der Waals surface area contributed by atoms with Gasteiger partial charge in [0.2, 0.25) is 11.8 Å². The molecule has 7 nitrogen and oxygen atoms in total. The first-order valence-corrected chi connectivity index (χ1v) is 10.0. The van der Waals surface area contributed by atoms with Crippen LogP contribution < -0.4 is 10.6 Å². The average Bonchev–Trinajstić information content (AvgIpc) is 2.74. The minimum absolute atomic E-state index is 0.00402. The molecule has 2 aliphatic rings. The summed E-state index contributed by atoms with van der Waals surface area (Å²) in [5.74, 6) is -0.00565. The van der Waals surface area contributed by atoms with E-state index in [9.17, 15) is 9.59 Å². The molecule has 2 fully saturated rings. The fraction of sp³-hybridized carbons (Fsp3) is 0.571. The van der Waals surface area contributed by atoms with Gasteiger partial charge in [-0.2, -0.15) is 5.26 Å². The Labute approximate surface area is 166 Å². The summed E-state index contributed by atoms with van der Waals surface area (Å²) in [6.07, 6.45) is 2.90. The molecule has 1 aromatic carbocycles. The number of rotatable bonds is 6. The van der Waals surface area contributed by atoms with Gasteiger partial charge < -0.3 is 15.4 Å². The maximum atomic E-state index is 12.5. The number of nitriles is 1. The third-order valence-corrected chi connectivity index (χ3v) is 5.56. The molecule has 0 aromatic heterocycles. The lowest BCUT2D eigenvalue weighted by atomic mass is 9.81. The monoisotopic (exact) mass is 384 g/mol. The number of carbonyl (C=O) groups is 2. The molecule has 2 N–H and O–H groups in total. The number of nitrogens with one attached hydrogen (secondary N) is 2. The van der Waals surface area contributed by atoms with E-state index in [0.29, 0.717) is 30.6 Å². The van der Waals surface area contributed by atoms with E-state index in [1.807, 2.05) is 0 Å². The lowest BCUT2D eigenvalue weighted by Crippen LogP contribution is -2.43. The topological polar surface area (TPSA) is 94.5 Å². The van der Waals surface area contributed by atoms with Gasteiger partial charge in [-0.25, -0.2) is 0 Å². The Balaban J connectivity index is 1.37. The first-order valence-electron chi connectivity index (χ1n) is 10.0. The van der Waals surface area contributed by atoms with Gasteiger partial charge in [-0.15, -0.1) is 0 Å². The van der Waals surface area contributed by atoms with Crippen LogP contribution in [0.5, 0.6) is 0 Å². The number of anilines is 1. The highest BCUT2D eigenvalue weighted by molar-refractivity contribution is 5.93. The molecular formula is C21H28N4O3. The Morgan fingerprint density at radius 3 is 2.46 bits per heavy atom. The lowest BCUT2D eigenvalue weighted by molar-refractivity contribution is -0.128. The van der Waals surface area contributed by atoms with Gasteiger partial charge in [-0.1, -0.05) is 6.07 Å². The molecule has 0 atom stereocenters. The number of amides is 2. The summed E-state index contributed by atoms with van der Waals surface area (Å²) in [5, 5.41) is 14.9. The highest BCUT2D eigenvalue weighted by atomic mass is 16.5. The summed E-state index contributed by atoms with van der Waals surface area (Å²) < 4.78 is 5.32. The van der Waals surface area contributed by atoms with E-state index in [0.717, 1.165) is 45.7 Å². The van der Waals surface area contributed by atoms with E-state index in [1.165, 1.54) is 0 Å². The van der Waals surface area contributed by atoms with Crippen LogP contribution in [0.15, 0.2) is 24.3 Å². The van der Waals surface area contributed by atoms with Crippen LogP contribution in [-0.4, -0.2) is 56.1 Å². The molecule has 0 bridgehead atoms. The van der Waals surface area contributed by atoms with E-state index >= 15 is 0 Å². The predicted octanol–water partition coefficient (Wildman–Crippen LogP) is 1.75. The second-order valence-corrected chi connectivity index (χ2v) is 7.48. The fourth-order valence-corrected chi connectivity index (χ4v) is 3.83. The molecule has 0 unspecified atom stereocenters. The largest absolute Gasteiger partial charge is 0.379 e. The quantitative estimate of drug-likeness (QED) is 0.779. The van der Waals surface area contributed by atoms with Crippen LogP contribution in [0.2, 0.25) is 0 Å². The van der Waals surface area contributed by atoms with Crippen LogP contribution in [0.4, 0.5) is 5.69 Å². The molecule has 0 spiro atoms. The van der Waals surface area contributed by atoms with Crippen molar-refractivity contribution in [3.8, 4) is 6.07 Å². The van der Waals surface area contributed by atoms with Crippen LogP contribution in [-0.2, 0) is 14.3 Å². The first-order chi connectivity index (χ1) is 13.7. The first kappa shape index (κ1) is 20.3. The predicted molar refractivity (Wildman–Crippen MR) is 106 cm³/mol. The fourth-order valence-electron chi connectivity index (χ4n) is 3.83. The van der Waals surface area contributed by atoms with Crippen LogP contribution >= 0.6 is 0 Å². The molecule has 3 rings (SSSR count). The Morgan fingerprint density at radius 1 is 1.11 bits per heavy atom. The molecule has 1 heterocycles. The molecule has 7 heteroatoms.